The van der Waals surface area contributed by atoms with Crippen molar-refractivity contribution in [2.24, 2.45) is 7.05 Å². The minimum atomic E-state index is -0.100. The zero-order valence-electron chi connectivity index (χ0n) is 11.5. The number of benzene rings is 1. The second-order valence-corrected chi connectivity index (χ2v) is 4.96. The molecule has 2 aromatic heterocycles. The van der Waals surface area contributed by atoms with E-state index in [1.54, 1.807) is 7.05 Å². The predicted octanol–water partition coefficient (Wildman–Crippen LogP) is 1.67. The lowest BCUT2D eigenvalue weighted by Gasteiger charge is -2.07. The minimum absolute atomic E-state index is 0.100. The van der Waals surface area contributed by atoms with Gasteiger partial charge in [-0.05, 0) is 18.1 Å². The Morgan fingerprint density at radius 1 is 1.25 bits per heavy atom. The van der Waals surface area contributed by atoms with Gasteiger partial charge in [-0.3, -0.25) is 9.36 Å². The van der Waals surface area contributed by atoms with Gasteiger partial charge >= 0.3 is 0 Å². The first kappa shape index (κ1) is 12.5. The largest absolute Gasteiger partial charge is 0.369 e. The number of aromatic nitrogens is 3. The summed E-state index contributed by atoms with van der Waals surface area (Å²) in [4.78, 5) is 16.6. The third kappa shape index (κ3) is 1.87. The van der Waals surface area contributed by atoms with Gasteiger partial charge in [0.05, 0.1) is 5.39 Å². The fraction of sp³-hybridized carbons (Fsp3) is 0.200. The monoisotopic (exact) mass is 268 g/mol. The van der Waals surface area contributed by atoms with Gasteiger partial charge in [-0.15, -0.1) is 0 Å². The van der Waals surface area contributed by atoms with Gasteiger partial charge in [-0.25, -0.2) is 0 Å². The van der Waals surface area contributed by atoms with E-state index in [1.165, 1.54) is 4.57 Å². The summed E-state index contributed by atoms with van der Waals surface area (Å²) in [7, 11) is 1.64. The lowest BCUT2D eigenvalue weighted by atomic mass is 10.2. The van der Waals surface area contributed by atoms with Crippen molar-refractivity contribution in [3.8, 4) is 0 Å². The second kappa shape index (κ2) is 4.52. The van der Waals surface area contributed by atoms with Crippen LogP contribution in [0.2, 0.25) is 0 Å². The van der Waals surface area contributed by atoms with Crippen molar-refractivity contribution >= 4 is 17.0 Å². The molecule has 0 aliphatic heterocycles. The topological polar surface area (TPSA) is 65.8 Å². The van der Waals surface area contributed by atoms with Crippen LogP contribution in [0.1, 0.15) is 11.1 Å². The summed E-state index contributed by atoms with van der Waals surface area (Å²) >= 11 is 0. The lowest BCUT2D eigenvalue weighted by Crippen LogP contribution is -2.22. The molecule has 1 aromatic carbocycles. The molecule has 0 unspecified atom stereocenters. The Labute approximate surface area is 116 Å². The summed E-state index contributed by atoms with van der Waals surface area (Å²) in [5.74, 6) is 0.231. The number of hydrogen-bond donors (Lipinski definition) is 1. The highest BCUT2D eigenvalue weighted by Gasteiger charge is 2.13. The van der Waals surface area contributed by atoms with Gasteiger partial charge in [-0.1, -0.05) is 30.3 Å². The van der Waals surface area contributed by atoms with E-state index in [2.05, 4.69) is 4.98 Å². The fourth-order valence-electron chi connectivity index (χ4n) is 2.42. The average Bonchev–Trinajstić information content (AvgIpc) is 2.73. The third-order valence-corrected chi connectivity index (χ3v) is 3.52. The molecule has 0 aliphatic carbocycles. The molecular formula is C15H16N4O. The Kier molecular flexibility index (Phi) is 2.82. The Balaban J connectivity index is 2.21. The summed E-state index contributed by atoms with van der Waals surface area (Å²) in [5.41, 5.74) is 8.42. The van der Waals surface area contributed by atoms with Gasteiger partial charge in [-0.2, -0.15) is 4.98 Å². The highest BCUT2D eigenvalue weighted by molar-refractivity contribution is 5.80. The van der Waals surface area contributed by atoms with E-state index in [-0.39, 0.29) is 11.5 Å². The number of fused-ring (bicyclic) bond motifs is 1. The van der Waals surface area contributed by atoms with Crippen LogP contribution >= 0.6 is 0 Å². The average molecular weight is 268 g/mol. The van der Waals surface area contributed by atoms with Gasteiger partial charge in [0.25, 0.3) is 5.56 Å². The van der Waals surface area contributed by atoms with E-state index >= 15 is 0 Å². The van der Waals surface area contributed by atoms with Crippen molar-refractivity contribution in [1.29, 1.82) is 0 Å². The van der Waals surface area contributed by atoms with E-state index in [1.807, 2.05) is 48.0 Å². The van der Waals surface area contributed by atoms with Crippen molar-refractivity contribution in [1.82, 2.24) is 14.1 Å². The van der Waals surface area contributed by atoms with Gasteiger partial charge < -0.3 is 10.3 Å². The molecule has 0 aliphatic rings. The summed E-state index contributed by atoms with van der Waals surface area (Å²) in [6.45, 7) is 2.59. The molecule has 2 heterocycles. The number of aryl methyl sites for hydroxylation is 1. The van der Waals surface area contributed by atoms with Crippen molar-refractivity contribution < 1.29 is 0 Å². The third-order valence-electron chi connectivity index (χ3n) is 3.52. The SMILES string of the molecule is Cc1cn(Cc2ccccc2)c2nc(N)n(C)c(=O)c12. The second-order valence-electron chi connectivity index (χ2n) is 4.96. The van der Waals surface area contributed by atoms with Gasteiger partial charge in [0.2, 0.25) is 5.95 Å². The van der Waals surface area contributed by atoms with Crippen LogP contribution in [-0.2, 0) is 13.6 Å². The number of nitrogens with two attached hydrogens (primary N) is 1. The first-order valence-corrected chi connectivity index (χ1v) is 6.44. The molecule has 5 heteroatoms. The first-order chi connectivity index (χ1) is 9.58. The van der Waals surface area contributed by atoms with Crippen molar-refractivity contribution in [2.45, 2.75) is 13.5 Å². The Morgan fingerprint density at radius 3 is 2.65 bits per heavy atom. The summed E-state index contributed by atoms with van der Waals surface area (Å²) in [6.07, 6.45) is 1.95. The predicted molar refractivity (Wildman–Crippen MR) is 79.7 cm³/mol. The minimum Gasteiger partial charge on any atom is -0.369 e. The first-order valence-electron chi connectivity index (χ1n) is 6.44. The van der Waals surface area contributed by atoms with Crippen LogP contribution in [0.3, 0.4) is 0 Å². The van der Waals surface area contributed by atoms with Gasteiger partial charge in [0.15, 0.2) is 0 Å². The summed E-state index contributed by atoms with van der Waals surface area (Å²) in [5, 5.41) is 0.637. The number of nitrogens with zero attached hydrogens (tertiary/aromatic N) is 3. The van der Waals surface area contributed by atoms with Crippen LogP contribution in [0.5, 0.6) is 0 Å². The quantitative estimate of drug-likeness (QED) is 0.769. The number of nitrogen functional groups attached to an aromatic ring is 1. The fourth-order valence-corrected chi connectivity index (χ4v) is 2.42. The maximum absolute atomic E-state index is 12.3. The lowest BCUT2D eigenvalue weighted by molar-refractivity contribution is 0.808. The van der Waals surface area contributed by atoms with Crippen molar-refractivity contribution in [3.63, 3.8) is 0 Å². The van der Waals surface area contributed by atoms with E-state index in [4.69, 9.17) is 5.73 Å². The highest BCUT2D eigenvalue weighted by atomic mass is 16.1. The Hall–Kier alpha value is -2.56. The molecule has 0 spiro atoms. The van der Waals surface area contributed by atoms with Crippen LogP contribution in [0.4, 0.5) is 5.95 Å². The van der Waals surface area contributed by atoms with Crippen LogP contribution < -0.4 is 11.3 Å². The molecule has 5 nitrogen and oxygen atoms in total. The van der Waals surface area contributed by atoms with Crippen molar-refractivity contribution in [2.75, 3.05) is 5.73 Å². The molecule has 102 valence electrons. The number of rotatable bonds is 2. The maximum Gasteiger partial charge on any atom is 0.264 e. The Bertz CT molecular complexity index is 830. The van der Waals surface area contributed by atoms with E-state index < -0.39 is 0 Å². The maximum atomic E-state index is 12.3. The molecule has 0 amide bonds. The normalized spacial score (nSPS) is 11.1. The zero-order valence-corrected chi connectivity index (χ0v) is 11.5. The van der Waals surface area contributed by atoms with Crippen LogP contribution in [-0.4, -0.2) is 14.1 Å². The van der Waals surface area contributed by atoms with Crippen molar-refractivity contribution in [3.05, 3.63) is 58.0 Å². The van der Waals surface area contributed by atoms with Gasteiger partial charge in [0, 0.05) is 19.8 Å². The molecule has 0 saturated heterocycles. The molecule has 0 radical (unpaired) electrons. The number of anilines is 1. The molecular weight excluding hydrogens is 252 g/mol. The van der Waals surface area contributed by atoms with E-state index in [9.17, 15) is 4.79 Å². The Morgan fingerprint density at radius 2 is 1.95 bits per heavy atom. The molecule has 3 rings (SSSR count). The smallest absolute Gasteiger partial charge is 0.264 e. The van der Waals surface area contributed by atoms with Crippen LogP contribution in [0, 0.1) is 6.92 Å². The van der Waals surface area contributed by atoms with Crippen LogP contribution in [0.15, 0.2) is 41.3 Å². The summed E-state index contributed by atoms with van der Waals surface area (Å²) < 4.78 is 3.35. The van der Waals surface area contributed by atoms with Crippen LogP contribution in [0.25, 0.3) is 11.0 Å². The molecule has 20 heavy (non-hydrogen) atoms. The van der Waals surface area contributed by atoms with E-state index in [0.717, 1.165) is 11.1 Å². The highest BCUT2D eigenvalue weighted by Crippen LogP contribution is 2.18. The molecule has 2 N–H and O–H groups in total. The summed E-state index contributed by atoms with van der Waals surface area (Å²) in [6, 6.07) is 10.1. The van der Waals surface area contributed by atoms with E-state index in [0.29, 0.717) is 17.6 Å². The zero-order chi connectivity index (χ0) is 14.3. The van der Waals surface area contributed by atoms with Gasteiger partial charge in [0.1, 0.15) is 5.65 Å². The molecule has 0 fully saturated rings. The molecule has 0 bridgehead atoms. The molecule has 3 aromatic rings. The molecule has 0 atom stereocenters. The standard InChI is InChI=1S/C15H16N4O/c1-10-8-19(9-11-6-4-3-5-7-11)13-12(10)14(20)18(2)15(16)17-13/h3-8H,9H2,1-2H3,(H2,16,17). The number of hydrogen-bond acceptors (Lipinski definition) is 3. The molecule has 0 saturated carbocycles.